The minimum absolute atomic E-state index is 0.00969. The highest BCUT2D eigenvalue weighted by atomic mass is 35.5. The smallest absolute Gasteiger partial charge is 0.189 e. The minimum atomic E-state index is -0.275. The molecule has 0 bridgehead atoms. The average Bonchev–Trinajstić information content (AvgIpc) is 2.82. The molecule has 160 valence electrons. The number of halogens is 1. The molecule has 4 aromatic carbocycles. The molecule has 0 saturated carbocycles. The van der Waals surface area contributed by atoms with Crippen LogP contribution >= 0.6 is 11.6 Å². The first kappa shape index (κ1) is 21.5. The van der Waals surface area contributed by atoms with E-state index in [9.17, 15) is 9.90 Å². The number of phenolic OH excluding ortho intramolecular Hbond substituents is 1. The zero-order valence-corrected chi connectivity index (χ0v) is 18.2. The molecule has 32 heavy (non-hydrogen) atoms. The Bertz CT molecular complexity index is 1290. The Labute approximate surface area is 191 Å². The Balaban J connectivity index is 1.53. The summed E-state index contributed by atoms with van der Waals surface area (Å²) < 4.78 is 11.3. The summed E-state index contributed by atoms with van der Waals surface area (Å²) in [6.07, 6.45) is 3.16. The van der Waals surface area contributed by atoms with E-state index in [1.165, 1.54) is 6.08 Å². The van der Waals surface area contributed by atoms with Crippen LogP contribution in [0.15, 0.2) is 84.9 Å². The fourth-order valence-electron chi connectivity index (χ4n) is 3.42. The molecule has 0 saturated heterocycles. The fraction of sp³-hybridized carbons (Fsp3) is 0.0741. The topological polar surface area (TPSA) is 55.8 Å². The average molecular weight is 445 g/mol. The molecule has 0 aromatic heterocycles. The highest BCUT2D eigenvalue weighted by Gasteiger charge is 2.12. The zero-order chi connectivity index (χ0) is 22.5. The lowest BCUT2D eigenvalue weighted by atomic mass is 10.0. The van der Waals surface area contributed by atoms with E-state index in [2.05, 4.69) is 0 Å². The highest BCUT2D eigenvalue weighted by Crippen LogP contribution is 2.29. The summed E-state index contributed by atoms with van der Waals surface area (Å²) in [5.41, 5.74) is 1.92. The number of carbonyl (C=O) groups excluding carboxylic acids is 1. The maximum absolute atomic E-state index is 12.7. The molecule has 0 aliphatic heterocycles. The van der Waals surface area contributed by atoms with Crippen molar-refractivity contribution in [3.8, 4) is 17.2 Å². The lowest BCUT2D eigenvalue weighted by Gasteiger charge is -2.11. The van der Waals surface area contributed by atoms with Crippen LogP contribution in [0.5, 0.6) is 17.2 Å². The Morgan fingerprint density at radius 3 is 2.56 bits per heavy atom. The molecule has 0 unspecified atom stereocenters. The number of ketones is 1. The molecule has 0 heterocycles. The molecule has 0 spiro atoms. The number of fused-ring (bicyclic) bond motifs is 1. The number of benzene rings is 4. The van der Waals surface area contributed by atoms with Gasteiger partial charge in [-0.3, -0.25) is 4.79 Å². The molecule has 0 atom stereocenters. The Morgan fingerprint density at radius 1 is 1.00 bits per heavy atom. The first-order valence-corrected chi connectivity index (χ1v) is 10.4. The van der Waals surface area contributed by atoms with E-state index < -0.39 is 0 Å². The van der Waals surface area contributed by atoms with E-state index >= 15 is 0 Å². The number of phenols is 1. The molecule has 1 N–H and O–H groups in total. The first-order chi connectivity index (χ1) is 15.5. The van der Waals surface area contributed by atoms with Crippen molar-refractivity contribution >= 4 is 34.2 Å². The molecule has 0 aliphatic rings. The third-order valence-electron chi connectivity index (χ3n) is 5.11. The number of rotatable bonds is 7. The van der Waals surface area contributed by atoms with Crippen molar-refractivity contribution in [3.63, 3.8) is 0 Å². The summed E-state index contributed by atoms with van der Waals surface area (Å²) in [5, 5.41) is 12.7. The van der Waals surface area contributed by atoms with Gasteiger partial charge in [-0.25, -0.2) is 0 Å². The summed E-state index contributed by atoms with van der Waals surface area (Å²) in [5.74, 6) is 1.10. The summed E-state index contributed by atoms with van der Waals surface area (Å²) in [6.45, 7) is 0.298. The van der Waals surface area contributed by atoms with Crippen LogP contribution < -0.4 is 9.47 Å². The first-order valence-electron chi connectivity index (χ1n) is 10.0. The van der Waals surface area contributed by atoms with Gasteiger partial charge in [-0.05, 0) is 59.5 Å². The Morgan fingerprint density at radius 2 is 1.78 bits per heavy atom. The number of methoxy groups -OCH3 is 1. The number of allylic oxidation sites excluding steroid dienone is 1. The van der Waals surface area contributed by atoms with Gasteiger partial charge in [0.2, 0.25) is 0 Å². The van der Waals surface area contributed by atoms with Gasteiger partial charge in [0.25, 0.3) is 0 Å². The monoisotopic (exact) mass is 444 g/mol. The van der Waals surface area contributed by atoms with Gasteiger partial charge in [0.1, 0.15) is 23.9 Å². The second kappa shape index (κ2) is 9.58. The van der Waals surface area contributed by atoms with Gasteiger partial charge in [-0.1, -0.05) is 54.1 Å². The van der Waals surface area contributed by atoms with Crippen molar-refractivity contribution in [2.45, 2.75) is 6.61 Å². The van der Waals surface area contributed by atoms with Crippen LogP contribution in [0.1, 0.15) is 21.5 Å². The molecule has 0 radical (unpaired) electrons. The molecule has 4 nitrogen and oxygen atoms in total. The van der Waals surface area contributed by atoms with Gasteiger partial charge >= 0.3 is 0 Å². The molecular weight excluding hydrogens is 424 g/mol. The van der Waals surface area contributed by atoms with Crippen molar-refractivity contribution in [3.05, 3.63) is 107 Å². The van der Waals surface area contributed by atoms with Crippen molar-refractivity contribution in [2.24, 2.45) is 0 Å². The third-order valence-corrected chi connectivity index (χ3v) is 5.36. The molecule has 4 aromatic rings. The number of hydrogen-bond donors (Lipinski definition) is 1. The minimum Gasteiger partial charge on any atom is -0.507 e. The Hall–Kier alpha value is -3.76. The molecule has 0 aliphatic carbocycles. The lowest BCUT2D eigenvalue weighted by Crippen LogP contribution is -1.99. The van der Waals surface area contributed by atoms with Gasteiger partial charge in [0.05, 0.1) is 12.7 Å². The summed E-state index contributed by atoms with van der Waals surface area (Å²) >= 11 is 5.91. The molecule has 0 fully saturated rings. The number of aromatic hydroxyl groups is 1. The van der Waals surface area contributed by atoms with E-state index in [-0.39, 0.29) is 17.1 Å². The van der Waals surface area contributed by atoms with Crippen molar-refractivity contribution in [1.82, 2.24) is 0 Å². The van der Waals surface area contributed by atoms with Crippen LogP contribution in [0.3, 0.4) is 0 Å². The quantitative estimate of drug-likeness (QED) is 0.255. The largest absolute Gasteiger partial charge is 0.507 e. The number of carbonyl (C=O) groups is 1. The van der Waals surface area contributed by atoms with Crippen molar-refractivity contribution in [1.29, 1.82) is 0 Å². The van der Waals surface area contributed by atoms with Crippen LogP contribution in [0.2, 0.25) is 5.02 Å². The van der Waals surface area contributed by atoms with Gasteiger partial charge in [0, 0.05) is 16.0 Å². The van der Waals surface area contributed by atoms with Gasteiger partial charge < -0.3 is 14.6 Å². The van der Waals surface area contributed by atoms with Crippen LogP contribution in [-0.4, -0.2) is 18.0 Å². The summed E-state index contributed by atoms with van der Waals surface area (Å²) in [6, 6.07) is 23.6. The predicted molar refractivity (Wildman–Crippen MR) is 128 cm³/mol. The van der Waals surface area contributed by atoms with Crippen molar-refractivity contribution in [2.75, 3.05) is 7.11 Å². The highest BCUT2D eigenvalue weighted by molar-refractivity contribution is 6.30. The summed E-state index contributed by atoms with van der Waals surface area (Å²) in [7, 11) is 1.60. The maximum atomic E-state index is 12.7. The predicted octanol–water partition coefficient (Wildman–Crippen LogP) is 6.68. The van der Waals surface area contributed by atoms with Crippen LogP contribution in [0.25, 0.3) is 16.8 Å². The van der Waals surface area contributed by atoms with E-state index in [0.717, 1.165) is 16.5 Å². The van der Waals surface area contributed by atoms with Crippen LogP contribution in [-0.2, 0) is 6.61 Å². The van der Waals surface area contributed by atoms with Crippen LogP contribution in [0.4, 0.5) is 0 Å². The normalized spacial score (nSPS) is 11.1. The maximum Gasteiger partial charge on any atom is 0.189 e. The molecular formula is C27H21ClO4. The Kier molecular flexibility index (Phi) is 6.43. The van der Waals surface area contributed by atoms with Crippen LogP contribution in [0, 0.1) is 0 Å². The molecule has 4 rings (SSSR count). The second-order valence-corrected chi connectivity index (χ2v) is 7.63. The van der Waals surface area contributed by atoms with E-state index in [1.807, 2.05) is 42.5 Å². The van der Waals surface area contributed by atoms with E-state index in [1.54, 1.807) is 49.6 Å². The second-order valence-electron chi connectivity index (χ2n) is 7.19. The fourth-order valence-corrected chi connectivity index (χ4v) is 3.55. The number of hydrogen-bond acceptors (Lipinski definition) is 4. The SMILES string of the molecule is COc1ccc(/C=C/C(=O)c2ccc3ccccc3c2O)cc1COc1ccc(Cl)cc1. The van der Waals surface area contributed by atoms with Gasteiger partial charge in [-0.15, -0.1) is 0 Å². The number of ether oxygens (including phenoxy) is 2. The molecule has 0 amide bonds. The van der Waals surface area contributed by atoms with Gasteiger partial charge in [-0.2, -0.15) is 0 Å². The van der Waals surface area contributed by atoms with Crippen molar-refractivity contribution < 1.29 is 19.4 Å². The van der Waals surface area contributed by atoms with E-state index in [0.29, 0.717) is 28.5 Å². The zero-order valence-electron chi connectivity index (χ0n) is 17.4. The van der Waals surface area contributed by atoms with Gasteiger partial charge in [0.15, 0.2) is 5.78 Å². The third kappa shape index (κ3) is 4.76. The summed E-state index contributed by atoms with van der Waals surface area (Å²) in [4.78, 5) is 12.7. The lowest BCUT2D eigenvalue weighted by molar-refractivity contribution is 0.104. The molecule has 5 heteroatoms. The standard InChI is InChI=1S/C27H21ClO4/c1-31-26-15-7-18(16-20(26)17-32-22-11-9-21(28)10-12-22)6-14-25(29)24-13-8-19-4-2-3-5-23(19)27(24)30/h2-16,30H,17H2,1H3/b14-6+. The van der Waals surface area contributed by atoms with E-state index in [4.69, 9.17) is 21.1 Å².